The van der Waals surface area contributed by atoms with E-state index in [0.717, 1.165) is 7.11 Å². The van der Waals surface area contributed by atoms with Crippen LogP contribution in [0.3, 0.4) is 0 Å². The molecule has 0 spiro atoms. The number of methoxy groups -OCH3 is 1. The fourth-order valence-electron chi connectivity index (χ4n) is 4.79. The normalized spacial score (nSPS) is 22.2. The summed E-state index contributed by atoms with van der Waals surface area (Å²) in [6, 6.07) is 0.479. The molecule has 1 saturated heterocycles. The Morgan fingerprint density at radius 3 is 2.62 bits per heavy atom. The number of hydrogen-bond donors (Lipinski definition) is 4. The van der Waals surface area contributed by atoms with E-state index in [0.29, 0.717) is 0 Å². The van der Waals surface area contributed by atoms with Crippen LogP contribution in [0, 0.1) is 11.8 Å². The number of imidazole rings is 1. The molecule has 15 heteroatoms. The van der Waals surface area contributed by atoms with E-state index in [4.69, 9.17) is 0 Å². The largest absolute Gasteiger partial charge is 0.465 e. The molecule has 0 bridgehead atoms. The summed E-state index contributed by atoms with van der Waals surface area (Å²) in [6.45, 7) is -0.766. The summed E-state index contributed by atoms with van der Waals surface area (Å²) in [5.41, 5.74) is 0.549. The number of anilines is 1. The molecule has 2 fully saturated rings. The van der Waals surface area contributed by atoms with Crippen molar-refractivity contribution in [2.24, 2.45) is 11.8 Å². The lowest BCUT2D eigenvalue weighted by Crippen LogP contribution is -2.48. The van der Waals surface area contributed by atoms with Crippen LogP contribution >= 0.6 is 0 Å². The minimum absolute atomic E-state index is 0.0678. The predicted octanol–water partition coefficient (Wildman–Crippen LogP) is 3.36. The molecule has 1 aliphatic heterocycles. The molecule has 2 aromatic rings. The maximum absolute atomic E-state index is 13.9. The Morgan fingerprint density at radius 2 is 1.97 bits per heavy atom. The van der Waals surface area contributed by atoms with Gasteiger partial charge in [0.1, 0.15) is 0 Å². The van der Waals surface area contributed by atoms with Gasteiger partial charge in [0.2, 0.25) is 11.8 Å². The molecule has 2 aromatic heterocycles. The minimum atomic E-state index is -3.10. The average Bonchev–Trinajstić information content (AvgIpc) is 3.22. The summed E-state index contributed by atoms with van der Waals surface area (Å²) >= 11 is 0. The maximum atomic E-state index is 13.9. The number of aromatic nitrogens is 3. The molecule has 11 nitrogen and oxygen atoms in total. The Labute approximate surface area is 207 Å². The van der Waals surface area contributed by atoms with E-state index in [-0.39, 0.29) is 54.8 Å². The summed E-state index contributed by atoms with van der Waals surface area (Å²) in [4.78, 5) is 40.0. The van der Waals surface area contributed by atoms with E-state index in [1.807, 2.05) is 0 Å². The van der Waals surface area contributed by atoms with Gasteiger partial charge in [-0.05, 0) is 18.8 Å². The number of nitrogens with one attached hydrogen (secondary N) is 3. The molecular formula is C22H26F4N6O5. The van der Waals surface area contributed by atoms with Gasteiger partial charge in [-0.25, -0.2) is 36.7 Å². The van der Waals surface area contributed by atoms with Crippen LogP contribution in [0.25, 0.3) is 5.65 Å². The highest BCUT2D eigenvalue weighted by Gasteiger charge is 2.42. The van der Waals surface area contributed by atoms with Crippen LogP contribution in [0.2, 0.25) is 0 Å². The van der Waals surface area contributed by atoms with Crippen LogP contribution in [0.15, 0.2) is 12.3 Å². The Balaban J connectivity index is 1.69. The van der Waals surface area contributed by atoms with Crippen molar-refractivity contribution < 1.29 is 41.8 Å². The fraction of sp³-hybridized carbons (Fsp3) is 0.591. The van der Waals surface area contributed by atoms with E-state index < -0.39 is 60.8 Å². The molecule has 2 atom stereocenters. The molecular weight excluding hydrogens is 504 g/mol. The minimum Gasteiger partial charge on any atom is -0.465 e. The Bertz CT molecular complexity index is 1200. The molecule has 0 radical (unpaired) electrons. The Kier molecular flexibility index (Phi) is 7.15. The third kappa shape index (κ3) is 6.20. The number of carboxylic acid groups (broad SMARTS) is 1. The highest BCUT2D eigenvalue weighted by molar-refractivity contribution is 5.86. The number of rotatable bonds is 6. The first-order valence-electron chi connectivity index (χ1n) is 11.6. The van der Waals surface area contributed by atoms with Crippen molar-refractivity contribution >= 4 is 29.4 Å². The van der Waals surface area contributed by atoms with Gasteiger partial charge in [-0.15, -0.1) is 0 Å². The topological polar surface area (TPSA) is 147 Å². The van der Waals surface area contributed by atoms with Gasteiger partial charge in [-0.2, -0.15) is 5.10 Å². The first-order valence-corrected chi connectivity index (χ1v) is 11.6. The summed E-state index contributed by atoms with van der Waals surface area (Å²) in [5, 5.41) is 20.6. The van der Waals surface area contributed by atoms with Crippen molar-refractivity contribution in [2.75, 3.05) is 19.0 Å². The molecule has 3 amide bonds. The number of fused-ring (bicyclic) bond motifs is 1. The van der Waals surface area contributed by atoms with Crippen molar-refractivity contribution in [1.82, 2.24) is 25.2 Å². The van der Waals surface area contributed by atoms with Crippen molar-refractivity contribution in [3.8, 4) is 0 Å². The Hall–Kier alpha value is -3.65. The monoisotopic (exact) mass is 530 g/mol. The zero-order chi connectivity index (χ0) is 27.0. The van der Waals surface area contributed by atoms with Crippen LogP contribution in [-0.2, 0) is 16.0 Å². The number of halogens is 4. The van der Waals surface area contributed by atoms with Gasteiger partial charge in [-0.1, -0.05) is 0 Å². The second kappa shape index (κ2) is 10.0. The van der Waals surface area contributed by atoms with Gasteiger partial charge >= 0.3 is 12.2 Å². The van der Waals surface area contributed by atoms with Crippen LogP contribution in [-0.4, -0.2) is 63.3 Å². The van der Waals surface area contributed by atoms with Crippen LogP contribution in [0.5, 0.6) is 0 Å². The van der Waals surface area contributed by atoms with Crippen molar-refractivity contribution in [3.63, 3.8) is 0 Å². The van der Waals surface area contributed by atoms with Gasteiger partial charge in [0.25, 0.3) is 5.92 Å². The summed E-state index contributed by atoms with van der Waals surface area (Å²) in [6.07, 6.45) is -2.38. The number of amides is 3. The summed E-state index contributed by atoms with van der Waals surface area (Å²) < 4.78 is 61.1. The zero-order valence-corrected chi connectivity index (χ0v) is 19.8. The number of hydrogen-bond acceptors (Lipinski definition) is 6. The van der Waals surface area contributed by atoms with E-state index in [9.17, 15) is 37.1 Å². The average molecular weight is 530 g/mol. The fourth-order valence-corrected chi connectivity index (χ4v) is 4.79. The third-order valence-corrected chi connectivity index (χ3v) is 6.68. The highest BCUT2D eigenvalue weighted by atomic mass is 19.3. The van der Waals surface area contributed by atoms with Gasteiger partial charge in [0.05, 0.1) is 43.0 Å². The number of ether oxygens (including phenoxy) is 1. The first-order chi connectivity index (χ1) is 17.4. The van der Waals surface area contributed by atoms with E-state index in [1.165, 1.54) is 16.8 Å². The van der Waals surface area contributed by atoms with Crippen molar-refractivity contribution in [1.29, 1.82) is 0 Å². The third-order valence-electron chi connectivity index (χ3n) is 6.68. The molecule has 2 aliphatic rings. The molecule has 3 heterocycles. The van der Waals surface area contributed by atoms with Crippen molar-refractivity contribution in [2.45, 2.75) is 56.4 Å². The lowest BCUT2D eigenvalue weighted by molar-refractivity contribution is -0.136. The van der Waals surface area contributed by atoms with Gasteiger partial charge in [0.15, 0.2) is 5.65 Å². The summed E-state index contributed by atoms with van der Waals surface area (Å²) in [5.74, 6) is -8.06. The predicted molar refractivity (Wildman–Crippen MR) is 120 cm³/mol. The van der Waals surface area contributed by atoms with E-state index >= 15 is 0 Å². The second-order valence-corrected chi connectivity index (χ2v) is 9.39. The lowest BCUT2D eigenvalue weighted by Gasteiger charge is -2.32. The van der Waals surface area contributed by atoms with Crippen molar-refractivity contribution in [3.05, 3.63) is 23.7 Å². The lowest BCUT2D eigenvalue weighted by atomic mass is 9.81. The maximum Gasteiger partial charge on any atom is 0.411 e. The van der Waals surface area contributed by atoms with E-state index in [1.54, 1.807) is 0 Å². The van der Waals surface area contributed by atoms with E-state index in [2.05, 4.69) is 30.8 Å². The van der Waals surface area contributed by atoms with Crippen LogP contribution in [0.1, 0.15) is 49.5 Å². The number of nitrogens with zero attached hydrogens (tertiary/aromatic N) is 3. The highest BCUT2D eigenvalue weighted by Crippen LogP contribution is 2.41. The number of alkyl halides is 4. The Morgan fingerprint density at radius 1 is 1.27 bits per heavy atom. The second-order valence-electron chi connectivity index (χ2n) is 9.39. The van der Waals surface area contributed by atoms with Gasteiger partial charge in [-0.3, -0.25) is 10.1 Å². The molecule has 4 rings (SSSR count). The van der Waals surface area contributed by atoms with Gasteiger partial charge in [0, 0.05) is 37.7 Å². The quantitative estimate of drug-likeness (QED) is 0.419. The first kappa shape index (κ1) is 26.4. The smallest absolute Gasteiger partial charge is 0.411 e. The van der Waals surface area contributed by atoms with Crippen LogP contribution < -0.4 is 16.0 Å². The molecule has 37 heavy (non-hydrogen) atoms. The van der Waals surface area contributed by atoms with Crippen LogP contribution in [0.4, 0.5) is 32.8 Å². The molecule has 202 valence electrons. The number of carbonyl (C=O) groups is 3. The molecule has 1 aliphatic carbocycles. The molecule has 2 unspecified atom stereocenters. The SMILES string of the molecule is COC(=O)Nc1cc2nc(C(NC(=O)O)C3CCC(F)(F)CC3)cn2nc1CC1CC(F)(F)CNC1=O. The van der Waals surface area contributed by atoms with Gasteiger partial charge < -0.3 is 20.5 Å². The molecule has 4 N–H and O–H groups in total. The standard InChI is InChI=1S/C22H26F4N6O5/c1-37-20(36)29-13-7-16-28-15(17(30-19(34)35)11-2-4-21(23,24)5-3-11)9-32(16)31-14(13)6-12-8-22(25,26)10-27-18(12)33/h7,9,11-12,17,30H,2-6,8,10H2,1H3,(H,27,33)(H,29,36)(H,34,35). The number of carbonyl (C=O) groups excluding carboxylic acids is 2. The summed E-state index contributed by atoms with van der Waals surface area (Å²) in [7, 11) is 1.12. The molecule has 0 aromatic carbocycles. The zero-order valence-electron chi connectivity index (χ0n) is 19.8. The molecule has 1 saturated carbocycles. The number of piperidine rings is 1.